The number of amides is 1. The van der Waals surface area contributed by atoms with Crippen LogP contribution < -0.4 is 14.8 Å². The topological polar surface area (TPSA) is 107 Å². The standard InChI is InChI=1S/C19H23N3O6S/c1-22(2)29(24,25)16-8-6-15(7-9-16)21-19(23)13-28-20-12-14-5-10-17(26-3)18(11-14)27-4/h5-12H,13H2,1-4H3,(H,21,23)/b20-12+. The van der Waals surface area contributed by atoms with Crippen LogP contribution in [0.2, 0.25) is 0 Å². The van der Waals surface area contributed by atoms with Crippen LogP contribution in [0.15, 0.2) is 52.5 Å². The number of nitrogens with one attached hydrogen (secondary N) is 1. The Morgan fingerprint density at radius 2 is 1.72 bits per heavy atom. The van der Waals surface area contributed by atoms with Crippen LogP contribution in [0.1, 0.15) is 5.56 Å². The molecule has 0 bridgehead atoms. The molecule has 29 heavy (non-hydrogen) atoms. The monoisotopic (exact) mass is 421 g/mol. The molecule has 0 unspecified atom stereocenters. The van der Waals surface area contributed by atoms with E-state index in [-0.39, 0.29) is 11.5 Å². The van der Waals surface area contributed by atoms with E-state index in [2.05, 4.69) is 10.5 Å². The molecule has 0 saturated carbocycles. The highest BCUT2D eigenvalue weighted by atomic mass is 32.2. The van der Waals surface area contributed by atoms with E-state index < -0.39 is 15.9 Å². The first-order valence-corrected chi connectivity index (χ1v) is 9.91. The van der Waals surface area contributed by atoms with Crippen molar-refractivity contribution in [2.75, 3.05) is 40.2 Å². The van der Waals surface area contributed by atoms with Crippen LogP contribution >= 0.6 is 0 Å². The minimum absolute atomic E-state index is 0.135. The van der Waals surface area contributed by atoms with Crippen molar-refractivity contribution in [2.45, 2.75) is 4.90 Å². The Hall–Kier alpha value is -3.11. The third-order valence-corrected chi connectivity index (χ3v) is 5.63. The zero-order valence-corrected chi connectivity index (χ0v) is 17.4. The first-order valence-electron chi connectivity index (χ1n) is 8.47. The normalized spacial score (nSPS) is 11.5. The summed E-state index contributed by atoms with van der Waals surface area (Å²) in [6.07, 6.45) is 1.44. The summed E-state index contributed by atoms with van der Waals surface area (Å²) < 4.78 is 35.5. The summed E-state index contributed by atoms with van der Waals surface area (Å²) in [4.78, 5) is 17.1. The SMILES string of the molecule is COc1ccc(/C=N/OCC(=O)Nc2ccc(S(=O)(=O)N(C)C)cc2)cc1OC. The summed E-state index contributed by atoms with van der Waals surface area (Å²) in [5, 5.41) is 6.35. The van der Waals surface area contributed by atoms with Gasteiger partial charge in [0, 0.05) is 25.3 Å². The molecular weight excluding hydrogens is 398 g/mol. The van der Waals surface area contributed by atoms with Gasteiger partial charge in [-0.15, -0.1) is 0 Å². The van der Waals surface area contributed by atoms with Crippen molar-refractivity contribution in [3.05, 3.63) is 48.0 Å². The number of hydrogen-bond donors (Lipinski definition) is 1. The lowest BCUT2D eigenvalue weighted by Gasteiger charge is -2.11. The molecule has 0 fully saturated rings. The van der Waals surface area contributed by atoms with Crippen molar-refractivity contribution in [1.82, 2.24) is 4.31 Å². The fraction of sp³-hybridized carbons (Fsp3) is 0.263. The lowest BCUT2D eigenvalue weighted by Crippen LogP contribution is -2.22. The average molecular weight is 421 g/mol. The van der Waals surface area contributed by atoms with Gasteiger partial charge in [0.1, 0.15) is 0 Å². The molecule has 1 N–H and O–H groups in total. The predicted molar refractivity (Wildman–Crippen MR) is 109 cm³/mol. The van der Waals surface area contributed by atoms with Gasteiger partial charge in [-0.2, -0.15) is 0 Å². The molecule has 0 radical (unpaired) electrons. The molecule has 0 atom stereocenters. The number of sulfonamides is 1. The molecule has 2 rings (SSSR count). The van der Waals surface area contributed by atoms with Crippen molar-refractivity contribution >= 4 is 27.8 Å². The van der Waals surface area contributed by atoms with Crippen LogP contribution in [-0.4, -0.2) is 59.8 Å². The Bertz CT molecular complexity index is 972. The highest BCUT2D eigenvalue weighted by molar-refractivity contribution is 7.89. The van der Waals surface area contributed by atoms with E-state index in [1.165, 1.54) is 51.7 Å². The van der Waals surface area contributed by atoms with Crippen molar-refractivity contribution in [2.24, 2.45) is 5.16 Å². The Morgan fingerprint density at radius 1 is 1.07 bits per heavy atom. The highest BCUT2D eigenvalue weighted by Crippen LogP contribution is 2.26. The van der Waals surface area contributed by atoms with Gasteiger partial charge in [-0.3, -0.25) is 4.79 Å². The van der Waals surface area contributed by atoms with Crippen LogP contribution in [0.3, 0.4) is 0 Å². The van der Waals surface area contributed by atoms with Crippen molar-refractivity contribution < 1.29 is 27.5 Å². The van der Waals surface area contributed by atoms with Gasteiger partial charge in [0.2, 0.25) is 10.0 Å². The summed E-state index contributed by atoms with van der Waals surface area (Å²) in [6.45, 7) is -0.304. The molecule has 2 aromatic carbocycles. The molecule has 2 aromatic rings. The minimum atomic E-state index is -3.52. The Labute approximate surface area is 169 Å². The number of oxime groups is 1. The van der Waals surface area contributed by atoms with E-state index >= 15 is 0 Å². The maximum atomic E-state index is 12.0. The van der Waals surface area contributed by atoms with E-state index in [0.717, 1.165) is 4.31 Å². The summed E-state index contributed by atoms with van der Waals surface area (Å²) in [6, 6.07) is 11.0. The third kappa shape index (κ3) is 5.93. The van der Waals surface area contributed by atoms with Crippen LogP contribution in [0.25, 0.3) is 0 Å². The van der Waals surface area contributed by atoms with E-state index in [9.17, 15) is 13.2 Å². The molecule has 0 aliphatic rings. The molecule has 1 amide bonds. The number of benzene rings is 2. The predicted octanol–water partition coefficient (Wildman–Crippen LogP) is 1.94. The largest absolute Gasteiger partial charge is 0.493 e. The molecule has 9 nitrogen and oxygen atoms in total. The Balaban J connectivity index is 1.88. The number of anilines is 1. The Kier molecular flexibility index (Phi) is 7.57. The second kappa shape index (κ2) is 9.89. The van der Waals surface area contributed by atoms with Crippen LogP contribution in [0.4, 0.5) is 5.69 Å². The maximum absolute atomic E-state index is 12.0. The lowest BCUT2D eigenvalue weighted by molar-refractivity contribution is -0.120. The molecular formula is C19H23N3O6S. The number of ether oxygens (including phenoxy) is 2. The number of methoxy groups -OCH3 is 2. The van der Waals surface area contributed by atoms with Crippen LogP contribution in [0, 0.1) is 0 Å². The third-order valence-electron chi connectivity index (χ3n) is 3.80. The fourth-order valence-electron chi connectivity index (χ4n) is 2.25. The number of carbonyl (C=O) groups excluding carboxylic acids is 1. The van der Waals surface area contributed by atoms with Crippen LogP contribution in [-0.2, 0) is 19.7 Å². The van der Waals surface area contributed by atoms with Gasteiger partial charge >= 0.3 is 0 Å². The zero-order chi connectivity index (χ0) is 21.4. The summed E-state index contributed by atoms with van der Waals surface area (Å²) in [7, 11) is 2.46. The lowest BCUT2D eigenvalue weighted by atomic mass is 10.2. The highest BCUT2D eigenvalue weighted by Gasteiger charge is 2.16. The van der Waals surface area contributed by atoms with E-state index in [4.69, 9.17) is 14.3 Å². The fourth-order valence-corrected chi connectivity index (χ4v) is 3.15. The van der Waals surface area contributed by atoms with E-state index in [0.29, 0.717) is 22.7 Å². The molecule has 10 heteroatoms. The van der Waals surface area contributed by atoms with Gasteiger partial charge < -0.3 is 19.6 Å². The average Bonchev–Trinajstić information content (AvgIpc) is 2.71. The zero-order valence-electron chi connectivity index (χ0n) is 16.6. The summed E-state index contributed by atoms with van der Waals surface area (Å²) in [5.74, 6) is 0.709. The van der Waals surface area contributed by atoms with Gasteiger partial charge in [-0.05, 0) is 42.5 Å². The van der Waals surface area contributed by atoms with Gasteiger partial charge in [-0.25, -0.2) is 12.7 Å². The number of hydrogen-bond acceptors (Lipinski definition) is 7. The molecule has 0 aliphatic heterocycles. The van der Waals surface area contributed by atoms with E-state index in [1.807, 2.05) is 0 Å². The minimum Gasteiger partial charge on any atom is -0.493 e. The van der Waals surface area contributed by atoms with Crippen LogP contribution in [0.5, 0.6) is 11.5 Å². The number of rotatable bonds is 9. The first kappa shape index (κ1) is 22.2. The second-order valence-corrected chi connectivity index (χ2v) is 8.13. The van der Waals surface area contributed by atoms with Crippen molar-refractivity contribution in [3.63, 3.8) is 0 Å². The number of carbonyl (C=O) groups is 1. The van der Waals surface area contributed by atoms with Gasteiger partial charge in [0.25, 0.3) is 5.91 Å². The first-order chi connectivity index (χ1) is 13.8. The summed E-state index contributed by atoms with van der Waals surface area (Å²) >= 11 is 0. The molecule has 0 saturated heterocycles. The van der Waals surface area contributed by atoms with Crippen molar-refractivity contribution in [1.29, 1.82) is 0 Å². The summed E-state index contributed by atoms with van der Waals surface area (Å²) in [5.41, 5.74) is 1.15. The Morgan fingerprint density at radius 3 is 2.31 bits per heavy atom. The second-order valence-electron chi connectivity index (χ2n) is 5.98. The van der Waals surface area contributed by atoms with Gasteiger partial charge in [0.05, 0.1) is 25.3 Å². The molecule has 0 spiro atoms. The van der Waals surface area contributed by atoms with Gasteiger partial charge in [0.15, 0.2) is 18.1 Å². The molecule has 0 heterocycles. The smallest absolute Gasteiger partial charge is 0.265 e. The molecule has 156 valence electrons. The number of nitrogens with zero attached hydrogens (tertiary/aromatic N) is 2. The van der Waals surface area contributed by atoms with E-state index in [1.54, 1.807) is 25.3 Å². The maximum Gasteiger partial charge on any atom is 0.265 e. The molecule has 0 aromatic heterocycles. The van der Waals surface area contributed by atoms with Gasteiger partial charge in [-0.1, -0.05) is 5.16 Å². The molecule has 0 aliphatic carbocycles. The quantitative estimate of drug-likeness (QED) is 0.490. The van der Waals surface area contributed by atoms with Crippen molar-refractivity contribution in [3.8, 4) is 11.5 Å².